The number of nitrogens with one attached hydrogen (secondary N) is 2. The summed E-state index contributed by atoms with van der Waals surface area (Å²) in [4.78, 5) is 51.2. The zero-order chi connectivity index (χ0) is 52.3. The Bertz CT molecular complexity index is 1200. The van der Waals surface area contributed by atoms with Gasteiger partial charge in [-0.2, -0.15) is 0 Å². The average Bonchev–Trinajstić information content (AvgIpc) is 3.31. The first-order valence-corrected chi connectivity index (χ1v) is 19.1. The van der Waals surface area contributed by atoms with E-state index in [1.54, 1.807) is 0 Å². The molecule has 2 rings (SSSR count). The van der Waals surface area contributed by atoms with Crippen LogP contribution in [0.2, 0.25) is 0 Å². The van der Waals surface area contributed by atoms with E-state index in [0.717, 1.165) is 0 Å². The fraction of sp³-hybridized carbons (Fsp3) is 0.853. The Morgan fingerprint density at radius 3 is 0.833 bits per heavy atom. The highest BCUT2D eigenvalue weighted by Crippen LogP contribution is 2.20. The van der Waals surface area contributed by atoms with Crippen LogP contribution in [0.25, 0.3) is 0 Å². The van der Waals surface area contributed by atoms with Crippen molar-refractivity contribution < 1.29 is 151 Å². The second-order valence-electron chi connectivity index (χ2n) is 14.0. The highest BCUT2D eigenvalue weighted by molar-refractivity contribution is 5.73. The van der Waals surface area contributed by atoms with Gasteiger partial charge in [-0.25, -0.2) is 0 Å². The Morgan fingerprint density at radius 2 is 0.667 bits per heavy atom. The van der Waals surface area contributed by atoms with Gasteiger partial charge in [-0.1, -0.05) is 0 Å². The molecule has 0 radical (unpaired) electrons. The number of aldehydes is 3. The summed E-state index contributed by atoms with van der Waals surface area (Å²) in [6, 6.07) is -2.19. The van der Waals surface area contributed by atoms with Crippen molar-refractivity contribution in [3.63, 3.8) is 0 Å². The van der Waals surface area contributed by atoms with E-state index in [1.165, 1.54) is 13.8 Å². The highest BCUT2D eigenvalue weighted by atomic mass is 16.6. The van der Waals surface area contributed by atoms with Crippen molar-refractivity contribution in [3.8, 4) is 0 Å². The van der Waals surface area contributed by atoms with Crippen LogP contribution in [0.1, 0.15) is 13.8 Å². The first-order valence-electron chi connectivity index (χ1n) is 19.1. The molecule has 2 fully saturated rings. The summed E-state index contributed by atoms with van der Waals surface area (Å²) >= 11 is 0. The Morgan fingerprint density at radius 1 is 0.439 bits per heavy atom. The molecule has 22 atom stereocenters. The number of aliphatic hydroxyl groups is 23. The first kappa shape index (κ1) is 67.2. The molecular weight excluding hydrogens is 916 g/mol. The summed E-state index contributed by atoms with van der Waals surface area (Å²) in [5.74, 6) is -0.923. The molecule has 0 saturated carbocycles. The van der Waals surface area contributed by atoms with Gasteiger partial charge in [0.1, 0.15) is 122 Å². The maximum atomic E-state index is 10.7. The summed E-state index contributed by atoms with van der Waals surface area (Å²) in [5.41, 5.74) is 0. The number of rotatable bonds is 19. The molecule has 2 amide bonds. The van der Waals surface area contributed by atoms with Crippen LogP contribution in [0, 0.1) is 0 Å². The lowest BCUT2D eigenvalue weighted by atomic mass is 9.97. The van der Waals surface area contributed by atoms with E-state index in [9.17, 15) is 54.6 Å². The van der Waals surface area contributed by atoms with Crippen molar-refractivity contribution in [1.82, 2.24) is 10.6 Å². The minimum Gasteiger partial charge on any atom is -0.394 e. The molecule has 0 spiro atoms. The average molecular weight is 983 g/mol. The number of hydrogen-bond donors (Lipinski definition) is 25. The smallest absolute Gasteiger partial charge is 0.217 e. The summed E-state index contributed by atoms with van der Waals surface area (Å²) in [7, 11) is 0. The molecule has 32 nitrogen and oxygen atoms in total. The molecule has 392 valence electrons. The molecule has 66 heavy (non-hydrogen) atoms. The van der Waals surface area contributed by atoms with Crippen molar-refractivity contribution in [3.05, 3.63) is 0 Å². The topological polar surface area (TPSA) is 593 Å². The monoisotopic (exact) mass is 982 g/mol. The lowest BCUT2D eigenvalue weighted by Gasteiger charge is -2.40. The van der Waals surface area contributed by atoms with Crippen LogP contribution < -0.4 is 10.6 Å². The van der Waals surface area contributed by atoms with E-state index < -0.39 is 179 Å². The third-order valence-corrected chi connectivity index (χ3v) is 8.80. The van der Waals surface area contributed by atoms with Crippen LogP contribution in [0.3, 0.4) is 0 Å². The number of ether oxygens (including phenoxy) is 2. The number of carbonyl (C=O) groups excluding carboxylic acids is 5. The molecule has 2 aliphatic heterocycles. The van der Waals surface area contributed by atoms with Crippen molar-refractivity contribution in [1.29, 1.82) is 0 Å². The molecule has 14 unspecified atom stereocenters. The molecule has 0 aromatic carbocycles. The minimum atomic E-state index is -1.79. The Balaban J connectivity index is -0.000000756. The third kappa shape index (κ3) is 23.3. The lowest BCUT2D eigenvalue weighted by molar-refractivity contribution is -0.253. The van der Waals surface area contributed by atoms with Crippen LogP contribution >= 0.6 is 0 Å². The molecule has 0 bridgehead atoms. The summed E-state index contributed by atoms with van der Waals surface area (Å²) in [6.45, 7) is -0.907. The van der Waals surface area contributed by atoms with Crippen LogP contribution in [0.5, 0.6) is 0 Å². The maximum absolute atomic E-state index is 10.7. The number of amides is 2. The predicted molar refractivity (Wildman–Crippen MR) is 207 cm³/mol. The second-order valence-corrected chi connectivity index (χ2v) is 14.0. The summed E-state index contributed by atoms with van der Waals surface area (Å²) < 4.78 is 9.62. The van der Waals surface area contributed by atoms with Crippen LogP contribution in [-0.4, -0.2) is 316 Å². The van der Waals surface area contributed by atoms with Crippen LogP contribution in [-0.2, 0) is 33.4 Å². The van der Waals surface area contributed by atoms with Gasteiger partial charge in [0.05, 0.1) is 33.0 Å². The van der Waals surface area contributed by atoms with Gasteiger partial charge < -0.3 is 152 Å². The van der Waals surface area contributed by atoms with Gasteiger partial charge in [-0.3, -0.25) is 9.59 Å². The molecule has 0 aromatic rings. The van der Waals surface area contributed by atoms with Crippen LogP contribution in [0.15, 0.2) is 0 Å². The molecule has 0 aliphatic carbocycles. The molecular formula is C34H66N2O30. The van der Waals surface area contributed by atoms with Crippen molar-refractivity contribution >= 4 is 30.7 Å². The van der Waals surface area contributed by atoms with Gasteiger partial charge in [0.15, 0.2) is 31.4 Å². The van der Waals surface area contributed by atoms with Gasteiger partial charge >= 0.3 is 0 Å². The molecule has 2 saturated heterocycles. The van der Waals surface area contributed by atoms with Gasteiger partial charge in [0, 0.05) is 13.8 Å². The summed E-state index contributed by atoms with van der Waals surface area (Å²) in [6.07, 6.45) is -31.0. The van der Waals surface area contributed by atoms with E-state index in [4.69, 9.17) is 96.3 Å². The molecule has 0 aromatic heterocycles. The Hall–Kier alpha value is -3.05. The van der Waals surface area contributed by atoms with Gasteiger partial charge in [0.25, 0.3) is 0 Å². The SMILES string of the molecule is CC(=O)N[C@H]1C(O)O[C@H](CO)[C@H](O)[C@@H]1O.CC(=O)N[C@H]1C(O)O[C@H](CO)[C@H](O)[C@@H]1O.O=CC(O)C(O)C(O)C(O)CO.O=CC(O)C(O)C(O)C(O)CO.O=CC(O)C(O)C(O)C(O)CO. The summed E-state index contributed by atoms with van der Waals surface area (Å²) in [5, 5.41) is 209. The number of aliphatic hydroxyl groups excluding tert-OH is 23. The van der Waals surface area contributed by atoms with Gasteiger partial charge in [-0.05, 0) is 0 Å². The van der Waals surface area contributed by atoms with E-state index in [0.29, 0.717) is 0 Å². The normalized spacial score (nSPS) is 30.3. The maximum Gasteiger partial charge on any atom is 0.217 e. The zero-order valence-corrected chi connectivity index (χ0v) is 35.1. The third-order valence-electron chi connectivity index (χ3n) is 8.80. The minimum absolute atomic E-state index is 0.0258. The van der Waals surface area contributed by atoms with Crippen LogP contribution in [0.4, 0.5) is 0 Å². The lowest BCUT2D eigenvalue weighted by Crippen LogP contribution is -2.63. The second kappa shape index (κ2) is 35.1. The van der Waals surface area contributed by atoms with Gasteiger partial charge in [-0.15, -0.1) is 0 Å². The Labute approximate surface area is 373 Å². The van der Waals surface area contributed by atoms with E-state index in [-0.39, 0.29) is 18.9 Å². The fourth-order valence-corrected chi connectivity index (χ4v) is 4.83. The van der Waals surface area contributed by atoms with E-state index in [1.807, 2.05) is 0 Å². The van der Waals surface area contributed by atoms with Gasteiger partial charge in [0.2, 0.25) is 11.8 Å². The predicted octanol–water partition coefficient (Wildman–Crippen LogP) is -16.3. The van der Waals surface area contributed by atoms with E-state index >= 15 is 0 Å². The largest absolute Gasteiger partial charge is 0.394 e. The number of carbonyl (C=O) groups is 5. The van der Waals surface area contributed by atoms with Crippen molar-refractivity contribution in [2.75, 3.05) is 33.0 Å². The standard InChI is InChI=1S/2C8H15NO6.3C6H12O6/c2*1-3(11)9-5-7(13)6(12)4(2-10)15-8(5)14;3*7-1-3(9)5(11)6(12)4(10)2-8/h2*4-8,10,12-14H,2H2,1H3,(H,9,11);3*1,3-6,8-12H,2H2/t2*4-,5-,6+,7-,8?;;;/m11.../s1. The van der Waals surface area contributed by atoms with Crippen molar-refractivity contribution in [2.45, 2.75) is 148 Å². The van der Waals surface area contributed by atoms with Crippen molar-refractivity contribution in [2.24, 2.45) is 0 Å². The molecule has 25 N–H and O–H groups in total. The van der Waals surface area contributed by atoms with E-state index in [2.05, 4.69) is 10.6 Å². The Kier molecular flexibility index (Phi) is 35.8. The highest BCUT2D eigenvalue weighted by Gasteiger charge is 2.45. The zero-order valence-electron chi connectivity index (χ0n) is 35.1. The first-order chi connectivity index (χ1) is 30.6. The molecule has 2 aliphatic rings. The quantitative estimate of drug-likeness (QED) is 0.0534. The molecule has 2 heterocycles. The number of hydrogen-bond acceptors (Lipinski definition) is 30. The fourth-order valence-electron chi connectivity index (χ4n) is 4.83. The molecule has 32 heteroatoms.